The number of hydrogen-bond acceptors (Lipinski definition) is 3. The highest BCUT2D eigenvalue weighted by atomic mass is 16.2. The van der Waals surface area contributed by atoms with Crippen LogP contribution in [0.2, 0.25) is 0 Å². The van der Waals surface area contributed by atoms with Gasteiger partial charge in [0.1, 0.15) is 0 Å². The van der Waals surface area contributed by atoms with Crippen LogP contribution in [0.15, 0.2) is 42.5 Å². The summed E-state index contributed by atoms with van der Waals surface area (Å²) in [5.74, 6) is 4.94. The van der Waals surface area contributed by atoms with Gasteiger partial charge in [-0.25, -0.2) is 5.84 Å². The van der Waals surface area contributed by atoms with Crippen molar-refractivity contribution in [2.24, 2.45) is 5.84 Å². The van der Waals surface area contributed by atoms with Crippen molar-refractivity contribution in [1.82, 2.24) is 10.3 Å². The Hall–Kier alpha value is -2.17. The highest BCUT2D eigenvalue weighted by Crippen LogP contribution is 2.25. The maximum atomic E-state index is 11.6. The van der Waals surface area contributed by atoms with Crippen molar-refractivity contribution >= 4 is 5.91 Å². The zero-order valence-electron chi connectivity index (χ0n) is 12.1. The zero-order valence-corrected chi connectivity index (χ0v) is 12.1. The molecular formula is C17H19N3O. The summed E-state index contributed by atoms with van der Waals surface area (Å²) in [6.45, 7) is 4.81. The second-order valence-corrected chi connectivity index (χ2v) is 5.59. The van der Waals surface area contributed by atoms with Gasteiger partial charge in [0.05, 0.1) is 0 Å². The third-order valence-corrected chi connectivity index (χ3v) is 3.91. The first-order chi connectivity index (χ1) is 10.2. The molecule has 3 rings (SSSR count). The van der Waals surface area contributed by atoms with Crippen LogP contribution in [0.5, 0.6) is 0 Å². The van der Waals surface area contributed by atoms with E-state index in [1.807, 2.05) is 18.2 Å². The van der Waals surface area contributed by atoms with E-state index >= 15 is 0 Å². The van der Waals surface area contributed by atoms with Gasteiger partial charge in [-0.05, 0) is 35.7 Å². The molecule has 0 bridgehead atoms. The number of benzene rings is 2. The second kappa shape index (κ2) is 5.68. The number of nitrogens with two attached hydrogens (primary N) is 1. The van der Waals surface area contributed by atoms with E-state index in [1.165, 1.54) is 22.3 Å². The molecule has 0 aliphatic carbocycles. The maximum absolute atomic E-state index is 11.6. The van der Waals surface area contributed by atoms with E-state index in [2.05, 4.69) is 41.5 Å². The molecule has 108 valence electrons. The van der Waals surface area contributed by atoms with Gasteiger partial charge in [-0.2, -0.15) is 0 Å². The van der Waals surface area contributed by atoms with Gasteiger partial charge in [0.25, 0.3) is 5.91 Å². The van der Waals surface area contributed by atoms with Gasteiger partial charge in [0, 0.05) is 25.2 Å². The Labute approximate surface area is 124 Å². The van der Waals surface area contributed by atoms with Crippen molar-refractivity contribution in [2.75, 3.05) is 0 Å². The molecule has 2 aromatic rings. The molecule has 2 aromatic carbocycles. The lowest BCUT2D eigenvalue weighted by Gasteiger charge is -2.14. The summed E-state index contributed by atoms with van der Waals surface area (Å²) in [6, 6.07) is 14.4. The standard InChI is InChI=1S/C17H19N3O/c1-12-2-4-13(5-3-12)9-20-10-15-7-6-14(17(21)19-18)8-16(15)11-20/h2-8H,9-11,18H2,1H3,(H,19,21). The van der Waals surface area contributed by atoms with Crippen molar-refractivity contribution in [3.63, 3.8) is 0 Å². The van der Waals surface area contributed by atoms with Gasteiger partial charge < -0.3 is 0 Å². The van der Waals surface area contributed by atoms with Crippen LogP contribution in [-0.2, 0) is 19.6 Å². The van der Waals surface area contributed by atoms with Gasteiger partial charge in [-0.15, -0.1) is 0 Å². The number of nitrogen functional groups attached to an aromatic ring is 1. The van der Waals surface area contributed by atoms with E-state index in [0.717, 1.165) is 19.6 Å². The van der Waals surface area contributed by atoms with Crippen molar-refractivity contribution < 1.29 is 4.79 Å². The Kier molecular flexibility index (Phi) is 3.73. The molecule has 0 atom stereocenters. The van der Waals surface area contributed by atoms with E-state index in [4.69, 9.17) is 5.84 Å². The first-order valence-electron chi connectivity index (χ1n) is 7.06. The Morgan fingerprint density at radius 3 is 2.57 bits per heavy atom. The highest BCUT2D eigenvalue weighted by molar-refractivity contribution is 5.94. The van der Waals surface area contributed by atoms with E-state index in [1.54, 1.807) is 0 Å². The molecule has 0 radical (unpaired) electrons. The number of hydrazine groups is 1. The minimum absolute atomic E-state index is 0.241. The molecule has 1 aliphatic heterocycles. The van der Waals surface area contributed by atoms with Crippen LogP contribution in [-0.4, -0.2) is 10.8 Å². The summed E-state index contributed by atoms with van der Waals surface area (Å²) in [5, 5.41) is 0. The molecule has 0 unspecified atom stereocenters. The molecule has 0 spiro atoms. The van der Waals surface area contributed by atoms with Crippen LogP contribution in [0.1, 0.15) is 32.6 Å². The van der Waals surface area contributed by atoms with Gasteiger partial charge >= 0.3 is 0 Å². The first-order valence-corrected chi connectivity index (χ1v) is 7.06. The van der Waals surface area contributed by atoms with E-state index in [9.17, 15) is 4.79 Å². The molecule has 1 aliphatic rings. The van der Waals surface area contributed by atoms with Gasteiger partial charge in [-0.1, -0.05) is 35.9 Å². The van der Waals surface area contributed by atoms with Gasteiger partial charge in [0.2, 0.25) is 0 Å². The predicted molar refractivity (Wildman–Crippen MR) is 82.2 cm³/mol. The summed E-state index contributed by atoms with van der Waals surface area (Å²) >= 11 is 0. The average molecular weight is 281 g/mol. The summed E-state index contributed by atoms with van der Waals surface area (Å²) in [7, 11) is 0. The minimum Gasteiger partial charge on any atom is -0.291 e. The van der Waals surface area contributed by atoms with Crippen LogP contribution in [0.4, 0.5) is 0 Å². The molecule has 0 fully saturated rings. The largest absolute Gasteiger partial charge is 0.291 e. The number of carbonyl (C=O) groups excluding carboxylic acids is 1. The van der Waals surface area contributed by atoms with E-state index in [-0.39, 0.29) is 5.91 Å². The average Bonchev–Trinajstić information content (AvgIpc) is 2.90. The number of nitrogens with one attached hydrogen (secondary N) is 1. The SMILES string of the molecule is Cc1ccc(CN2Cc3ccc(C(=O)NN)cc3C2)cc1. The number of hydrogen-bond donors (Lipinski definition) is 2. The summed E-state index contributed by atoms with van der Waals surface area (Å²) < 4.78 is 0. The third kappa shape index (κ3) is 2.96. The predicted octanol–water partition coefficient (Wildman–Crippen LogP) is 2.11. The fourth-order valence-corrected chi connectivity index (χ4v) is 2.75. The quantitative estimate of drug-likeness (QED) is 0.515. The lowest BCUT2D eigenvalue weighted by Crippen LogP contribution is -2.30. The van der Waals surface area contributed by atoms with Crippen LogP contribution < -0.4 is 11.3 Å². The van der Waals surface area contributed by atoms with Crippen molar-refractivity contribution in [3.05, 3.63) is 70.3 Å². The van der Waals surface area contributed by atoms with Gasteiger partial charge in [-0.3, -0.25) is 15.1 Å². The highest BCUT2D eigenvalue weighted by Gasteiger charge is 2.20. The van der Waals surface area contributed by atoms with Crippen LogP contribution >= 0.6 is 0 Å². The molecule has 4 heteroatoms. The van der Waals surface area contributed by atoms with E-state index < -0.39 is 0 Å². The Morgan fingerprint density at radius 2 is 1.86 bits per heavy atom. The molecular weight excluding hydrogens is 262 g/mol. The summed E-state index contributed by atoms with van der Waals surface area (Å²) in [6.07, 6.45) is 0. The molecule has 1 amide bonds. The van der Waals surface area contributed by atoms with Gasteiger partial charge in [0.15, 0.2) is 0 Å². The van der Waals surface area contributed by atoms with E-state index in [0.29, 0.717) is 5.56 Å². The lowest BCUT2D eigenvalue weighted by molar-refractivity contribution is 0.0953. The van der Waals surface area contributed by atoms with Crippen molar-refractivity contribution in [2.45, 2.75) is 26.6 Å². The monoisotopic (exact) mass is 281 g/mol. The fourth-order valence-electron chi connectivity index (χ4n) is 2.75. The topological polar surface area (TPSA) is 58.4 Å². The van der Waals surface area contributed by atoms with Crippen LogP contribution in [0.3, 0.4) is 0 Å². The lowest BCUT2D eigenvalue weighted by atomic mass is 10.1. The first kappa shape index (κ1) is 13.8. The number of nitrogens with zero attached hydrogens (tertiary/aromatic N) is 1. The molecule has 1 heterocycles. The molecule has 0 saturated carbocycles. The zero-order chi connectivity index (χ0) is 14.8. The van der Waals surface area contributed by atoms with Crippen LogP contribution in [0.25, 0.3) is 0 Å². The third-order valence-electron chi connectivity index (χ3n) is 3.91. The Morgan fingerprint density at radius 1 is 1.14 bits per heavy atom. The number of fused-ring (bicyclic) bond motifs is 1. The smallest absolute Gasteiger partial charge is 0.265 e. The molecule has 0 aromatic heterocycles. The molecule has 3 N–H and O–H groups in total. The summed E-state index contributed by atoms with van der Waals surface area (Å²) in [4.78, 5) is 13.9. The Bertz CT molecular complexity index is 664. The minimum atomic E-state index is -0.241. The normalized spacial score (nSPS) is 14.0. The van der Waals surface area contributed by atoms with Crippen molar-refractivity contribution in [1.29, 1.82) is 0 Å². The number of rotatable bonds is 3. The Balaban J connectivity index is 1.72. The number of amides is 1. The second-order valence-electron chi connectivity index (χ2n) is 5.59. The number of carbonyl (C=O) groups is 1. The van der Waals surface area contributed by atoms with Crippen LogP contribution in [0, 0.1) is 6.92 Å². The molecule has 21 heavy (non-hydrogen) atoms. The fraction of sp³-hybridized carbons (Fsp3) is 0.235. The number of aryl methyl sites for hydroxylation is 1. The molecule has 0 saturated heterocycles. The van der Waals surface area contributed by atoms with Crippen molar-refractivity contribution in [3.8, 4) is 0 Å². The molecule has 4 nitrogen and oxygen atoms in total. The summed E-state index contributed by atoms with van der Waals surface area (Å²) in [5.41, 5.74) is 7.89. The maximum Gasteiger partial charge on any atom is 0.265 e.